The first-order valence-electron chi connectivity index (χ1n) is 3.17. The Labute approximate surface area is 61.1 Å². The summed E-state index contributed by atoms with van der Waals surface area (Å²) in [6.45, 7) is 0. The van der Waals surface area contributed by atoms with E-state index in [4.69, 9.17) is 4.74 Å². The van der Waals surface area contributed by atoms with Gasteiger partial charge in [0.25, 0.3) is 0 Å². The zero-order valence-electron chi connectivity index (χ0n) is 6.24. The topological polar surface area (TPSA) is 12.5 Å². The van der Waals surface area contributed by atoms with E-state index in [0.717, 1.165) is 5.76 Å². The van der Waals surface area contributed by atoms with Crippen LogP contribution in [-0.4, -0.2) is 19.0 Å². The van der Waals surface area contributed by atoms with Gasteiger partial charge in [-0.15, -0.1) is 0 Å². The molecule has 0 saturated carbocycles. The summed E-state index contributed by atoms with van der Waals surface area (Å²) in [5, 5.41) is 0. The Morgan fingerprint density at radius 1 is 1.40 bits per heavy atom. The summed E-state index contributed by atoms with van der Waals surface area (Å²) in [6.07, 6.45) is 9.29. The van der Waals surface area contributed by atoms with Crippen molar-refractivity contribution in [3.05, 3.63) is 36.4 Å². The molecule has 0 N–H and O–H groups in total. The highest BCUT2D eigenvalue weighted by atomic mass is 16.5. The molecule has 0 amide bonds. The molecule has 1 rings (SSSR count). The number of rotatable bonds is 1. The minimum absolute atomic E-state index is 0.868. The van der Waals surface area contributed by atoms with Gasteiger partial charge in [-0.3, -0.25) is 0 Å². The van der Waals surface area contributed by atoms with Crippen LogP contribution >= 0.6 is 0 Å². The normalized spacial score (nSPS) is 19.2. The fourth-order valence-electron chi connectivity index (χ4n) is 0.681. The van der Waals surface area contributed by atoms with E-state index >= 15 is 0 Å². The van der Waals surface area contributed by atoms with Crippen LogP contribution < -0.4 is 0 Å². The van der Waals surface area contributed by atoms with E-state index in [9.17, 15) is 0 Å². The maximum Gasteiger partial charge on any atom is 0.142 e. The first-order valence-corrected chi connectivity index (χ1v) is 3.17. The predicted octanol–water partition coefficient (Wildman–Crippen LogP) is 1.49. The van der Waals surface area contributed by atoms with E-state index in [1.165, 1.54) is 0 Å². The van der Waals surface area contributed by atoms with Gasteiger partial charge in [0.2, 0.25) is 0 Å². The first kappa shape index (κ1) is 6.93. The highest BCUT2D eigenvalue weighted by Crippen LogP contribution is 2.05. The highest BCUT2D eigenvalue weighted by Gasteiger charge is 1.93. The third-order valence-corrected chi connectivity index (χ3v) is 1.04. The molecule has 10 heavy (non-hydrogen) atoms. The van der Waals surface area contributed by atoms with Crippen LogP contribution in [0, 0.1) is 0 Å². The average Bonchev–Trinajstić information content (AvgIpc) is 1.88. The summed E-state index contributed by atoms with van der Waals surface area (Å²) in [5.41, 5.74) is 0. The van der Waals surface area contributed by atoms with E-state index in [2.05, 4.69) is 0 Å². The molecule has 0 radical (unpaired) electrons. The lowest BCUT2D eigenvalue weighted by molar-refractivity contribution is 0.350. The zero-order chi connectivity index (χ0) is 7.40. The Bertz CT molecular complexity index is 189. The molecule has 1 aliphatic heterocycles. The van der Waals surface area contributed by atoms with Gasteiger partial charge in [-0.1, -0.05) is 6.08 Å². The number of ether oxygens (including phenoxy) is 1. The molecule has 0 aromatic carbocycles. The minimum atomic E-state index is 0.868. The van der Waals surface area contributed by atoms with E-state index in [1.54, 1.807) is 6.26 Å². The van der Waals surface area contributed by atoms with Crippen LogP contribution in [-0.2, 0) is 4.74 Å². The number of hydrogen-bond donors (Lipinski definition) is 0. The van der Waals surface area contributed by atoms with Gasteiger partial charge in [0.15, 0.2) is 0 Å². The molecule has 54 valence electrons. The molecule has 0 atom stereocenters. The number of hydrogen-bond acceptors (Lipinski definition) is 2. The zero-order valence-corrected chi connectivity index (χ0v) is 6.24. The Morgan fingerprint density at radius 2 is 2.20 bits per heavy atom. The fraction of sp³-hybridized carbons (Fsp3) is 0.250. The monoisotopic (exact) mass is 137 g/mol. The second-order valence-corrected chi connectivity index (χ2v) is 2.30. The summed E-state index contributed by atoms with van der Waals surface area (Å²) >= 11 is 0. The molecule has 0 aromatic rings. The van der Waals surface area contributed by atoms with Gasteiger partial charge in [-0.25, -0.2) is 0 Å². The Balaban J connectivity index is 2.58. The van der Waals surface area contributed by atoms with Crippen molar-refractivity contribution in [2.45, 2.75) is 0 Å². The molecule has 2 nitrogen and oxygen atoms in total. The van der Waals surface area contributed by atoms with E-state index in [-0.39, 0.29) is 0 Å². The second kappa shape index (κ2) is 3.11. The van der Waals surface area contributed by atoms with Crippen molar-refractivity contribution < 1.29 is 4.74 Å². The SMILES string of the molecule is CN(C)C=C1C=CC=CO1. The van der Waals surface area contributed by atoms with Crippen molar-refractivity contribution in [3.8, 4) is 0 Å². The molecule has 0 saturated heterocycles. The lowest BCUT2D eigenvalue weighted by atomic mass is 10.4. The second-order valence-electron chi connectivity index (χ2n) is 2.30. The van der Waals surface area contributed by atoms with Crippen LogP contribution in [0.3, 0.4) is 0 Å². The minimum Gasteiger partial charge on any atom is -0.463 e. The first-order chi connectivity index (χ1) is 4.79. The van der Waals surface area contributed by atoms with Gasteiger partial charge >= 0.3 is 0 Å². The van der Waals surface area contributed by atoms with E-state index < -0.39 is 0 Å². The highest BCUT2D eigenvalue weighted by molar-refractivity contribution is 5.20. The number of nitrogens with zero attached hydrogens (tertiary/aromatic N) is 1. The maximum atomic E-state index is 5.14. The molecule has 2 heteroatoms. The molecule has 0 bridgehead atoms. The average molecular weight is 137 g/mol. The van der Waals surface area contributed by atoms with Crippen LogP contribution in [0.2, 0.25) is 0 Å². The lowest BCUT2D eigenvalue weighted by Crippen LogP contribution is -2.03. The van der Waals surface area contributed by atoms with Crippen LogP contribution in [0.15, 0.2) is 36.4 Å². The molecule has 1 heterocycles. The van der Waals surface area contributed by atoms with E-state index in [0.29, 0.717) is 0 Å². The van der Waals surface area contributed by atoms with Gasteiger partial charge in [0, 0.05) is 20.3 Å². The number of allylic oxidation sites excluding steroid dienone is 3. The molecular weight excluding hydrogens is 126 g/mol. The molecular formula is C8H11NO. The predicted molar refractivity (Wildman–Crippen MR) is 41.1 cm³/mol. The van der Waals surface area contributed by atoms with Gasteiger partial charge in [-0.05, 0) is 12.2 Å². The van der Waals surface area contributed by atoms with Crippen LogP contribution in [0.25, 0.3) is 0 Å². The van der Waals surface area contributed by atoms with Crippen molar-refractivity contribution in [2.24, 2.45) is 0 Å². The summed E-state index contributed by atoms with van der Waals surface area (Å²) in [5.74, 6) is 0.868. The Morgan fingerprint density at radius 3 is 2.70 bits per heavy atom. The van der Waals surface area contributed by atoms with Crippen molar-refractivity contribution in [3.63, 3.8) is 0 Å². The molecule has 0 unspecified atom stereocenters. The summed E-state index contributed by atoms with van der Waals surface area (Å²) in [7, 11) is 3.92. The molecule has 0 aliphatic carbocycles. The van der Waals surface area contributed by atoms with Crippen molar-refractivity contribution in [1.29, 1.82) is 0 Å². The van der Waals surface area contributed by atoms with Gasteiger partial charge in [-0.2, -0.15) is 0 Å². The quantitative estimate of drug-likeness (QED) is 0.543. The molecule has 0 fully saturated rings. The van der Waals surface area contributed by atoms with Crippen molar-refractivity contribution in [1.82, 2.24) is 4.90 Å². The molecule has 0 spiro atoms. The largest absolute Gasteiger partial charge is 0.463 e. The summed E-state index contributed by atoms with van der Waals surface area (Å²) in [4.78, 5) is 1.94. The lowest BCUT2D eigenvalue weighted by Gasteiger charge is -2.08. The smallest absolute Gasteiger partial charge is 0.142 e. The van der Waals surface area contributed by atoms with E-state index in [1.807, 2.05) is 43.4 Å². The third kappa shape index (κ3) is 1.97. The standard InChI is InChI=1S/C8H11NO/c1-9(2)7-8-5-3-4-6-10-8/h3-7H,1-2H3. The van der Waals surface area contributed by atoms with Gasteiger partial charge in [0.1, 0.15) is 5.76 Å². The van der Waals surface area contributed by atoms with Crippen molar-refractivity contribution in [2.75, 3.05) is 14.1 Å². The Kier molecular flexibility index (Phi) is 2.15. The van der Waals surface area contributed by atoms with Crippen LogP contribution in [0.1, 0.15) is 0 Å². The van der Waals surface area contributed by atoms with Gasteiger partial charge in [0.05, 0.1) is 6.26 Å². The van der Waals surface area contributed by atoms with Gasteiger partial charge < -0.3 is 9.64 Å². The maximum absolute atomic E-state index is 5.14. The summed E-state index contributed by atoms with van der Waals surface area (Å²) < 4.78 is 5.14. The third-order valence-electron chi connectivity index (χ3n) is 1.04. The Hall–Kier alpha value is -1.18. The van der Waals surface area contributed by atoms with Crippen LogP contribution in [0.4, 0.5) is 0 Å². The molecule has 0 aromatic heterocycles. The summed E-state index contributed by atoms with van der Waals surface area (Å²) in [6, 6.07) is 0. The van der Waals surface area contributed by atoms with Crippen LogP contribution in [0.5, 0.6) is 0 Å². The van der Waals surface area contributed by atoms with Crippen molar-refractivity contribution >= 4 is 0 Å². The molecule has 1 aliphatic rings. The fourth-order valence-corrected chi connectivity index (χ4v) is 0.681.